The molecule has 0 spiro atoms. The van der Waals surface area contributed by atoms with Crippen LogP contribution in [0.4, 0.5) is 10.7 Å². The van der Waals surface area contributed by atoms with Gasteiger partial charge in [-0.3, -0.25) is 0 Å². The van der Waals surface area contributed by atoms with Crippen molar-refractivity contribution in [3.8, 4) is 0 Å². The van der Waals surface area contributed by atoms with Gasteiger partial charge in [0.15, 0.2) is 0 Å². The van der Waals surface area contributed by atoms with Crippen molar-refractivity contribution in [2.45, 2.75) is 70.7 Å². The van der Waals surface area contributed by atoms with Gasteiger partial charge in [-0.1, -0.05) is 12.0 Å². The van der Waals surface area contributed by atoms with E-state index in [9.17, 15) is 4.79 Å². The second-order valence-corrected chi connectivity index (χ2v) is 7.30. The van der Waals surface area contributed by atoms with Gasteiger partial charge in [-0.05, 0) is 51.2 Å². The summed E-state index contributed by atoms with van der Waals surface area (Å²) in [5, 5.41) is 17.5. The van der Waals surface area contributed by atoms with E-state index >= 15 is 0 Å². The predicted octanol–water partition coefficient (Wildman–Crippen LogP) is 1.47. The summed E-state index contributed by atoms with van der Waals surface area (Å²) in [6.07, 6.45) is 2.70. The van der Waals surface area contributed by atoms with Gasteiger partial charge in [0.05, 0.1) is 12.1 Å². The number of H-pyrrole nitrogens is 1. The van der Waals surface area contributed by atoms with Crippen molar-refractivity contribution >= 4 is 12.0 Å². The van der Waals surface area contributed by atoms with Crippen LogP contribution in [0.2, 0.25) is 0 Å². The number of carbonyl (C=O) groups excluding carboxylic acids is 1. The molecule has 1 aromatic rings. The van der Waals surface area contributed by atoms with Crippen LogP contribution in [-0.2, 0) is 4.74 Å². The molecule has 0 unspecified atom stereocenters. The average molecular weight is 308 g/mol. The third-order valence-corrected chi connectivity index (χ3v) is 4.49. The van der Waals surface area contributed by atoms with Crippen LogP contribution in [0, 0.1) is 5.92 Å². The Balaban J connectivity index is 1.74. The molecule has 8 nitrogen and oxygen atoms in total. The number of hydrogen-bond acceptors (Lipinski definition) is 6. The molecule has 1 aromatic heterocycles. The Morgan fingerprint density at radius 2 is 2.09 bits per heavy atom. The van der Waals surface area contributed by atoms with Gasteiger partial charge in [0.1, 0.15) is 5.60 Å². The minimum Gasteiger partial charge on any atom is -0.444 e. The second kappa shape index (κ2) is 5.40. The first-order valence-electron chi connectivity index (χ1n) is 7.86. The monoisotopic (exact) mass is 308 g/mol. The molecule has 1 amide bonds. The first-order valence-corrected chi connectivity index (χ1v) is 7.86. The summed E-state index contributed by atoms with van der Waals surface area (Å²) in [6, 6.07) is 0.660. The van der Waals surface area contributed by atoms with Gasteiger partial charge in [0.2, 0.25) is 0 Å². The number of piperidine rings is 1. The zero-order chi connectivity index (χ0) is 15.9. The lowest BCUT2D eigenvalue weighted by molar-refractivity contribution is 0.0482. The highest BCUT2D eigenvalue weighted by molar-refractivity contribution is 5.68. The van der Waals surface area contributed by atoms with Gasteiger partial charge in [-0.25, -0.2) is 4.79 Å². The van der Waals surface area contributed by atoms with Crippen LogP contribution in [0.1, 0.15) is 47.0 Å². The van der Waals surface area contributed by atoms with E-state index < -0.39 is 5.60 Å². The third kappa shape index (κ3) is 2.86. The average Bonchev–Trinajstić information content (AvgIpc) is 3.01. The number of amides is 1. The molecule has 2 aliphatic rings. The summed E-state index contributed by atoms with van der Waals surface area (Å²) < 4.78 is 5.39. The largest absolute Gasteiger partial charge is 0.444 e. The normalized spacial score (nSPS) is 31.2. The fourth-order valence-corrected chi connectivity index (χ4v) is 3.71. The molecular formula is C14H24N6O2. The summed E-state index contributed by atoms with van der Waals surface area (Å²) in [5.74, 6) is 1.08. The molecule has 0 aromatic carbocycles. The van der Waals surface area contributed by atoms with Gasteiger partial charge in [-0.15, -0.1) is 5.10 Å². The number of aromatic nitrogens is 4. The van der Waals surface area contributed by atoms with Crippen molar-refractivity contribution in [3.05, 3.63) is 0 Å². The Labute approximate surface area is 130 Å². The number of rotatable bonds is 2. The van der Waals surface area contributed by atoms with Crippen molar-refractivity contribution in [3.63, 3.8) is 0 Å². The standard InChI is InChI=1S/C14H24N6O2/c1-8-7-9(15-13(21)22-14(2,3)4)11-6-5-10(8)20(11)12-16-18-19-17-12/h8-11H,5-7H2,1-4H3,(H,15,21)(H,16,17,18,19)/t8-,9-,10+,11-/m1/s1. The van der Waals surface area contributed by atoms with Gasteiger partial charge in [0.25, 0.3) is 5.95 Å². The summed E-state index contributed by atoms with van der Waals surface area (Å²) in [4.78, 5) is 14.3. The molecule has 2 saturated heterocycles. The predicted molar refractivity (Wildman–Crippen MR) is 80.4 cm³/mol. The van der Waals surface area contributed by atoms with Crippen molar-refractivity contribution in [1.82, 2.24) is 25.9 Å². The maximum absolute atomic E-state index is 12.1. The minimum absolute atomic E-state index is 0.0436. The van der Waals surface area contributed by atoms with E-state index in [0.29, 0.717) is 17.9 Å². The maximum Gasteiger partial charge on any atom is 0.407 e. The van der Waals surface area contributed by atoms with Crippen molar-refractivity contribution in [2.75, 3.05) is 4.90 Å². The van der Waals surface area contributed by atoms with E-state index in [1.54, 1.807) is 0 Å². The highest BCUT2D eigenvalue weighted by Crippen LogP contribution is 2.40. The SMILES string of the molecule is C[C@@H]1C[C@@H](NC(=O)OC(C)(C)C)[C@H]2CC[C@@H]1N2c1nn[nH]n1. The number of fused-ring (bicyclic) bond motifs is 2. The van der Waals surface area contributed by atoms with Crippen molar-refractivity contribution in [2.24, 2.45) is 5.92 Å². The molecule has 122 valence electrons. The Bertz CT molecular complexity index is 526. The van der Waals surface area contributed by atoms with Crippen molar-refractivity contribution in [1.29, 1.82) is 0 Å². The van der Waals surface area contributed by atoms with Crippen LogP contribution in [-0.4, -0.2) is 50.4 Å². The van der Waals surface area contributed by atoms with Crippen LogP contribution in [0.25, 0.3) is 0 Å². The lowest BCUT2D eigenvalue weighted by Crippen LogP contribution is -2.58. The summed E-state index contributed by atoms with van der Waals surface area (Å²) in [6.45, 7) is 7.82. The summed E-state index contributed by atoms with van der Waals surface area (Å²) in [5.41, 5.74) is -0.490. The number of anilines is 1. The number of nitrogens with zero attached hydrogens (tertiary/aromatic N) is 4. The number of tetrazole rings is 1. The summed E-state index contributed by atoms with van der Waals surface area (Å²) >= 11 is 0. The lowest BCUT2D eigenvalue weighted by atomic mass is 9.89. The smallest absolute Gasteiger partial charge is 0.407 e. The molecule has 2 aliphatic heterocycles. The number of nitrogens with one attached hydrogen (secondary N) is 2. The Hall–Kier alpha value is -1.86. The fourth-order valence-electron chi connectivity index (χ4n) is 3.71. The maximum atomic E-state index is 12.1. The van der Waals surface area contributed by atoms with Gasteiger partial charge in [-0.2, -0.15) is 5.21 Å². The molecule has 8 heteroatoms. The molecular weight excluding hydrogens is 284 g/mol. The Kier molecular flexibility index (Phi) is 3.70. The molecule has 22 heavy (non-hydrogen) atoms. The van der Waals surface area contributed by atoms with Crippen LogP contribution in [0.5, 0.6) is 0 Å². The molecule has 2 bridgehead atoms. The van der Waals surface area contributed by atoms with E-state index in [1.165, 1.54) is 0 Å². The van der Waals surface area contributed by atoms with Gasteiger partial charge >= 0.3 is 6.09 Å². The Morgan fingerprint density at radius 3 is 2.73 bits per heavy atom. The molecule has 2 fully saturated rings. The van der Waals surface area contributed by atoms with Crippen LogP contribution < -0.4 is 10.2 Å². The molecule has 0 aliphatic carbocycles. The second-order valence-electron chi connectivity index (χ2n) is 7.30. The first kappa shape index (κ1) is 15.1. The van der Waals surface area contributed by atoms with E-state index in [-0.39, 0.29) is 18.2 Å². The first-order chi connectivity index (χ1) is 10.3. The number of ether oxygens (including phenoxy) is 1. The molecule has 4 atom stereocenters. The lowest BCUT2D eigenvalue weighted by Gasteiger charge is -2.42. The van der Waals surface area contributed by atoms with E-state index in [4.69, 9.17) is 4.74 Å². The fraction of sp³-hybridized carbons (Fsp3) is 0.857. The van der Waals surface area contributed by atoms with E-state index in [2.05, 4.69) is 37.8 Å². The van der Waals surface area contributed by atoms with Crippen LogP contribution in [0.3, 0.4) is 0 Å². The highest BCUT2D eigenvalue weighted by Gasteiger charge is 2.48. The van der Waals surface area contributed by atoms with Crippen molar-refractivity contribution < 1.29 is 9.53 Å². The van der Waals surface area contributed by atoms with Gasteiger partial charge < -0.3 is 15.0 Å². The van der Waals surface area contributed by atoms with Crippen LogP contribution >= 0.6 is 0 Å². The van der Waals surface area contributed by atoms with Crippen LogP contribution in [0.15, 0.2) is 0 Å². The topological polar surface area (TPSA) is 96.0 Å². The number of hydrogen-bond donors (Lipinski definition) is 2. The van der Waals surface area contributed by atoms with E-state index in [1.807, 2.05) is 20.8 Å². The summed E-state index contributed by atoms with van der Waals surface area (Å²) in [7, 11) is 0. The number of aromatic amines is 1. The molecule has 0 radical (unpaired) electrons. The number of carbonyl (C=O) groups is 1. The van der Waals surface area contributed by atoms with Gasteiger partial charge in [0, 0.05) is 6.04 Å². The molecule has 0 saturated carbocycles. The Morgan fingerprint density at radius 1 is 1.36 bits per heavy atom. The zero-order valence-electron chi connectivity index (χ0n) is 13.5. The molecule has 3 heterocycles. The quantitative estimate of drug-likeness (QED) is 0.859. The zero-order valence-corrected chi connectivity index (χ0v) is 13.5. The number of alkyl carbamates (subject to hydrolysis) is 1. The minimum atomic E-state index is -0.490. The molecule has 2 N–H and O–H groups in total. The van der Waals surface area contributed by atoms with E-state index in [0.717, 1.165) is 19.3 Å². The molecule has 3 rings (SSSR count). The third-order valence-electron chi connectivity index (χ3n) is 4.49. The highest BCUT2D eigenvalue weighted by atomic mass is 16.6.